The molecule has 9 nitrogen and oxygen atoms in total. The van der Waals surface area contributed by atoms with Gasteiger partial charge in [0.2, 0.25) is 0 Å². The summed E-state index contributed by atoms with van der Waals surface area (Å²) < 4.78 is 47.2. The highest BCUT2D eigenvalue weighted by Gasteiger charge is 2.22. The highest BCUT2D eigenvalue weighted by molar-refractivity contribution is 7.92. The van der Waals surface area contributed by atoms with Gasteiger partial charge in [-0.25, -0.2) is 17.6 Å². The summed E-state index contributed by atoms with van der Waals surface area (Å²) in [4.78, 5) is 21.6. The molecule has 0 spiro atoms. The van der Waals surface area contributed by atoms with Gasteiger partial charge < -0.3 is 20.3 Å². The minimum atomic E-state index is -4.35. The van der Waals surface area contributed by atoms with E-state index in [9.17, 15) is 27.5 Å². The predicted molar refractivity (Wildman–Crippen MR) is 118 cm³/mol. The fourth-order valence-corrected chi connectivity index (χ4v) is 4.18. The Bertz CT molecular complexity index is 1330. The Morgan fingerprint density at radius 1 is 1.00 bits per heavy atom. The number of carboxylic acid groups (broad SMARTS) is 1. The number of halogens is 1. The fraction of sp³-hybridized carbons (Fsp3) is 0.0909. The van der Waals surface area contributed by atoms with E-state index in [2.05, 4.69) is 10.0 Å². The van der Waals surface area contributed by atoms with Crippen molar-refractivity contribution in [2.75, 3.05) is 10.0 Å². The summed E-state index contributed by atoms with van der Waals surface area (Å²) in [5, 5.41) is 21.1. The van der Waals surface area contributed by atoms with Crippen molar-refractivity contribution >= 4 is 33.3 Å². The molecule has 0 radical (unpaired) electrons. The minimum Gasteiger partial charge on any atom is -0.507 e. The molecular weight excluding hydrogens is 455 g/mol. The normalized spacial score (nSPS) is 11.0. The van der Waals surface area contributed by atoms with Gasteiger partial charge in [0.1, 0.15) is 28.0 Å². The third kappa shape index (κ3) is 5.39. The van der Waals surface area contributed by atoms with Gasteiger partial charge in [0.15, 0.2) is 0 Å². The van der Waals surface area contributed by atoms with Crippen LogP contribution < -0.4 is 14.8 Å². The van der Waals surface area contributed by atoms with Crippen LogP contribution in [-0.4, -0.2) is 30.5 Å². The maximum Gasteiger partial charge on any atom is 0.394 e. The van der Waals surface area contributed by atoms with Gasteiger partial charge >= 0.3 is 11.9 Å². The molecule has 33 heavy (non-hydrogen) atoms. The van der Waals surface area contributed by atoms with Crippen LogP contribution in [0.2, 0.25) is 0 Å². The van der Waals surface area contributed by atoms with Crippen molar-refractivity contribution in [2.24, 2.45) is 0 Å². The average molecular weight is 474 g/mol. The van der Waals surface area contributed by atoms with Gasteiger partial charge in [-0.3, -0.25) is 9.52 Å². The molecule has 3 aromatic carbocycles. The van der Waals surface area contributed by atoms with Crippen molar-refractivity contribution in [1.82, 2.24) is 0 Å². The van der Waals surface area contributed by atoms with E-state index in [4.69, 9.17) is 9.84 Å². The molecule has 4 N–H and O–H groups in total. The highest BCUT2D eigenvalue weighted by Crippen LogP contribution is 2.35. The predicted octanol–water partition coefficient (Wildman–Crippen LogP) is 3.76. The number of phenols is 1. The van der Waals surface area contributed by atoms with E-state index in [1.165, 1.54) is 36.4 Å². The van der Waals surface area contributed by atoms with Gasteiger partial charge in [-0.1, -0.05) is 12.1 Å². The van der Waals surface area contributed by atoms with Crippen LogP contribution in [0.15, 0.2) is 59.5 Å². The second kappa shape index (κ2) is 9.17. The lowest BCUT2D eigenvalue weighted by Crippen LogP contribution is -2.21. The number of sulfonamides is 1. The van der Waals surface area contributed by atoms with E-state index >= 15 is 0 Å². The minimum absolute atomic E-state index is 0.0650. The monoisotopic (exact) mass is 474 g/mol. The molecule has 0 aliphatic carbocycles. The van der Waals surface area contributed by atoms with Crippen molar-refractivity contribution in [3.8, 4) is 17.2 Å². The van der Waals surface area contributed by atoms with Crippen LogP contribution in [-0.2, 0) is 19.6 Å². The molecule has 0 aliphatic heterocycles. The SMILES string of the molecule is Cc1cc(NC(=O)C(=O)O)cc(C)c1Oc1ccc(O)c(S(=O)(=O)Nc2ccccc2F)c1. The van der Waals surface area contributed by atoms with Gasteiger partial charge in [0.25, 0.3) is 10.0 Å². The second-order valence-corrected chi connectivity index (χ2v) is 8.67. The summed E-state index contributed by atoms with van der Waals surface area (Å²) in [6.07, 6.45) is 0. The summed E-state index contributed by atoms with van der Waals surface area (Å²) in [5.41, 5.74) is 1.01. The Kier molecular flexibility index (Phi) is 6.54. The Morgan fingerprint density at radius 3 is 2.24 bits per heavy atom. The molecule has 1 amide bonds. The lowest BCUT2D eigenvalue weighted by Gasteiger charge is -2.15. The van der Waals surface area contributed by atoms with E-state index in [1.54, 1.807) is 13.8 Å². The van der Waals surface area contributed by atoms with E-state index < -0.39 is 38.4 Å². The number of anilines is 2. The number of aromatic hydroxyl groups is 1. The van der Waals surface area contributed by atoms with Crippen LogP contribution in [0.25, 0.3) is 0 Å². The van der Waals surface area contributed by atoms with Crippen LogP contribution in [0.3, 0.4) is 0 Å². The second-order valence-electron chi connectivity index (χ2n) is 7.02. The molecule has 3 rings (SSSR count). The first-order valence-corrected chi connectivity index (χ1v) is 10.9. The number of benzene rings is 3. The molecule has 0 bridgehead atoms. The fourth-order valence-electron chi connectivity index (χ4n) is 3.00. The van der Waals surface area contributed by atoms with Crippen LogP contribution in [0.1, 0.15) is 11.1 Å². The molecule has 3 aromatic rings. The van der Waals surface area contributed by atoms with E-state index in [0.717, 1.165) is 18.2 Å². The van der Waals surface area contributed by atoms with Crippen molar-refractivity contribution < 1.29 is 37.3 Å². The molecule has 0 fully saturated rings. The Morgan fingerprint density at radius 2 is 1.64 bits per heavy atom. The number of aliphatic carboxylic acids is 1. The number of hydrogen-bond donors (Lipinski definition) is 4. The highest BCUT2D eigenvalue weighted by atomic mass is 32.2. The summed E-state index contributed by atoms with van der Waals surface area (Å²) in [6, 6.07) is 11.7. The number of carbonyl (C=O) groups excluding carboxylic acids is 1. The number of ether oxygens (including phenoxy) is 1. The third-order valence-electron chi connectivity index (χ3n) is 4.47. The van der Waals surface area contributed by atoms with Gasteiger partial charge in [0, 0.05) is 11.8 Å². The number of amides is 1. The van der Waals surface area contributed by atoms with Crippen LogP contribution in [0, 0.1) is 19.7 Å². The number of aryl methyl sites for hydroxylation is 2. The Labute approximate surface area is 188 Å². The number of rotatable bonds is 6. The molecule has 0 aliphatic rings. The van der Waals surface area contributed by atoms with Gasteiger partial charge in [-0.2, -0.15) is 0 Å². The maximum atomic E-state index is 13.9. The van der Waals surface area contributed by atoms with Crippen LogP contribution in [0.4, 0.5) is 15.8 Å². The number of hydrogen-bond acceptors (Lipinski definition) is 6. The van der Waals surface area contributed by atoms with Gasteiger partial charge in [-0.05, 0) is 61.4 Å². The average Bonchev–Trinajstić information content (AvgIpc) is 2.73. The van der Waals surface area contributed by atoms with E-state index in [0.29, 0.717) is 16.9 Å². The standard InChI is InChI=1S/C22H19FN2O7S/c1-12-9-14(24-21(27)22(28)29)10-13(2)20(12)32-15-7-8-18(26)19(11-15)33(30,31)25-17-6-4-3-5-16(17)23/h3-11,25-26H,1-2H3,(H,24,27)(H,28,29). The lowest BCUT2D eigenvalue weighted by atomic mass is 10.1. The number of nitrogens with one attached hydrogen (secondary N) is 2. The van der Waals surface area contributed by atoms with Crippen molar-refractivity contribution in [3.63, 3.8) is 0 Å². The Balaban J connectivity index is 1.90. The molecule has 0 saturated carbocycles. The van der Waals surface area contributed by atoms with E-state index in [1.807, 2.05) is 0 Å². The number of para-hydroxylation sites is 1. The van der Waals surface area contributed by atoms with Gasteiger partial charge in [0.05, 0.1) is 5.69 Å². The first kappa shape index (κ1) is 23.5. The van der Waals surface area contributed by atoms with Crippen molar-refractivity contribution in [3.05, 3.63) is 71.5 Å². The van der Waals surface area contributed by atoms with Crippen molar-refractivity contribution in [2.45, 2.75) is 18.7 Å². The molecule has 0 saturated heterocycles. The molecule has 0 heterocycles. The number of carboxylic acids is 1. The zero-order valence-corrected chi connectivity index (χ0v) is 18.2. The largest absolute Gasteiger partial charge is 0.507 e. The molecular formula is C22H19FN2O7S. The van der Waals surface area contributed by atoms with Crippen LogP contribution in [0.5, 0.6) is 17.2 Å². The van der Waals surface area contributed by atoms with E-state index in [-0.39, 0.29) is 17.1 Å². The first-order valence-electron chi connectivity index (χ1n) is 9.41. The molecule has 0 atom stereocenters. The summed E-state index contributed by atoms with van der Waals surface area (Å²) >= 11 is 0. The lowest BCUT2D eigenvalue weighted by molar-refractivity contribution is -0.147. The quantitative estimate of drug-likeness (QED) is 0.399. The third-order valence-corrected chi connectivity index (χ3v) is 5.87. The maximum absolute atomic E-state index is 13.9. The zero-order chi connectivity index (χ0) is 24.3. The Hall–Kier alpha value is -4.12. The topological polar surface area (TPSA) is 142 Å². The molecule has 0 aromatic heterocycles. The number of phenolic OH excluding ortho intramolecular Hbond substituents is 1. The van der Waals surface area contributed by atoms with Gasteiger partial charge in [-0.15, -0.1) is 0 Å². The summed E-state index contributed by atoms with van der Waals surface area (Å²) in [7, 11) is -4.35. The number of carbonyl (C=O) groups is 2. The van der Waals surface area contributed by atoms with Crippen LogP contribution >= 0.6 is 0 Å². The molecule has 0 unspecified atom stereocenters. The smallest absolute Gasteiger partial charge is 0.394 e. The first-order chi connectivity index (χ1) is 15.5. The summed E-state index contributed by atoms with van der Waals surface area (Å²) in [6.45, 7) is 3.30. The zero-order valence-electron chi connectivity index (χ0n) is 17.4. The molecule has 11 heteroatoms. The van der Waals surface area contributed by atoms with Crippen molar-refractivity contribution in [1.29, 1.82) is 0 Å². The summed E-state index contributed by atoms with van der Waals surface area (Å²) in [5.74, 6) is -3.78. The molecule has 172 valence electrons.